The van der Waals surface area contributed by atoms with Gasteiger partial charge in [-0.15, -0.1) is 0 Å². The summed E-state index contributed by atoms with van der Waals surface area (Å²) in [6.07, 6.45) is 1.75. The number of hydrogen-bond acceptors (Lipinski definition) is 2. The van der Waals surface area contributed by atoms with Crippen LogP contribution in [0.15, 0.2) is 24.8 Å². The van der Waals surface area contributed by atoms with Crippen molar-refractivity contribution >= 4 is 17.7 Å². The van der Waals surface area contributed by atoms with Crippen molar-refractivity contribution in [1.82, 2.24) is 0 Å². The summed E-state index contributed by atoms with van der Waals surface area (Å²) in [6, 6.07) is 5.88. The fourth-order valence-electron chi connectivity index (χ4n) is 1.19. The lowest BCUT2D eigenvalue weighted by Crippen LogP contribution is -2.22. The minimum absolute atomic E-state index is 0.143. The smallest absolute Gasteiger partial charge is 0.236 e. The van der Waals surface area contributed by atoms with Gasteiger partial charge in [-0.1, -0.05) is 38.1 Å². The average molecular weight is 220 g/mol. The minimum atomic E-state index is -0.374. The number of benzene rings is 1. The number of hydrogen-bond donors (Lipinski definition) is 2. The summed E-state index contributed by atoms with van der Waals surface area (Å²) in [7, 11) is 0. The van der Waals surface area contributed by atoms with E-state index in [9.17, 15) is 4.79 Å². The number of nitrogens with one attached hydrogen (secondary N) is 1. The summed E-state index contributed by atoms with van der Waals surface area (Å²) < 4.78 is 0. The Kier molecular flexibility index (Phi) is 6.68. The van der Waals surface area contributed by atoms with E-state index in [0.29, 0.717) is 0 Å². The maximum Gasteiger partial charge on any atom is 0.236 e. The first kappa shape index (κ1) is 14.2. The third-order valence-corrected chi connectivity index (χ3v) is 1.88. The second-order valence-electron chi connectivity index (χ2n) is 3.11. The van der Waals surface area contributed by atoms with E-state index in [1.165, 1.54) is 0 Å². The SMILES string of the molecule is C=Cc1cc(C)ccc1NCC(N)=O.CC. The predicted molar refractivity (Wildman–Crippen MR) is 70.3 cm³/mol. The van der Waals surface area contributed by atoms with E-state index in [0.717, 1.165) is 16.8 Å². The van der Waals surface area contributed by atoms with Crippen LogP contribution in [0.5, 0.6) is 0 Å². The monoisotopic (exact) mass is 220 g/mol. The Bertz CT molecular complexity index is 359. The van der Waals surface area contributed by atoms with Gasteiger partial charge in [0.25, 0.3) is 0 Å². The Morgan fingerprint density at radius 3 is 2.62 bits per heavy atom. The highest BCUT2D eigenvalue weighted by molar-refractivity contribution is 5.80. The van der Waals surface area contributed by atoms with Crippen molar-refractivity contribution in [3.05, 3.63) is 35.9 Å². The number of primary amides is 1. The minimum Gasteiger partial charge on any atom is -0.376 e. The lowest BCUT2D eigenvalue weighted by molar-refractivity contribution is -0.116. The molecule has 0 aliphatic rings. The highest BCUT2D eigenvalue weighted by Gasteiger charge is 2.00. The Labute approximate surface area is 97.4 Å². The van der Waals surface area contributed by atoms with E-state index < -0.39 is 0 Å². The van der Waals surface area contributed by atoms with E-state index in [-0.39, 0.29) is 12.5 Å². The predicted octanol–water partition coefficient (Wildman–Crippen LogP) is 2.56. The van der Waals surface area contributed by atoms with Crippen LogP contribution in [0.3, 0.4) is 0 Å². The molecule has 0 aromatic heterocycles. The lowest BCUT2D eigenvalue weighted by atomic mass is 10.1. The zero-order valence-electron chi connectivity index (χ0n) is 10.2. The van der Waals surface area contributed by atoms with Crippen molar-refractivity contribution in [2.24, 2.45) is 5.73 Å². The molecule has 3 N–H and O–H groups in total. The van der Waals surface area contributed by atoms with Gasteiger partial charge in [0.05, 0.1) is 6.54 Å². The first-order valence-electron chi connectivity index (χ1n) is 5.38. The van der Waals surface area contributed by atoms with Crippen molar-refractivity contribution in [3.8, 4) is 0 Å². The highest BCUT2D eigenvalue weighted by Crippen LogP contribution is 2.17. The normalized spacial score (nSPS) is 8.69. The van der Waals surface area contributed by atoms with Gasteiger partial charge in [-0.3, -0.25) is 4.79 Å². The fourth-order valence-corrected chi connectivity index (χ4v) is 1.19. The number of carbonyl (C=O) groups excluding carboxylic acids is 1. The molecule has 1 aromatic rings. The molecule has 3 heteroatoms. The molecular weight excluding hydrogens is 200 g/mol. The molecular formula is C13H20N2O. The molecule has 3 nitrogen and oxygen atoms in total. The number of aryl methyl sites for hydroxylation is 1. The molecule has 0 fully saturated rings. The molecule has 0 aliphatic heterocycles. The average Bonchev–Trinajstić information content (AvgIpc) is 2.29. The van der Waals surface area contributed by atoms with E-state index >= 15 is 0 Å². The van der Waals surface area contributed by atoms with E-state index in [4.69, 9.17) is 5.73 Å². The number of rotatable bonds is 4. The van der Waals surface area contributed by atoms with Crippen LogP contribution in [0, 0.1) is 6.92 Å². The molecule has 0 spiro atoms. The molecule has 0 unspecified atom stereocenters. The zero-order chi connectivity index (χ0) is 12.6. The second kappa shape index (κ2) is 7.51. The Morgan fingerprint density at radius 2 is 2.12 bits per heavy atom. The summed E-state index contributed by atoms with van der Waals surface area (Å²) in [5.41, 5.74) is 8.05. The molecule has 0 saturated carbocycles. The largest absolute Gasteiger partial charge is 0.376 e. The maximum absolute atomic E-state index is 10.6. The van der Waals surface area contributed by atoms with Crippen molar-refractivity contribution in [1.29, 1.82) is 0 Å². The van der Waals surface area contributed by atoms with Gasteiger partial charge in [0.2, 0.25) is 5.91 Å². The summed E-state index contributed by atoms with van der Waals surface area (Å²) in [5, 5.41) is 2.95. The van der Waals surface area contributed by atoms with Gasteiger partial charge in [0, 0.05) is 5.69 Å². The summed E-state index contributed by atoms with van der Waals surface area (Å²) in [5.74, 6) is -0.374. The number of amides is 1. The van der Waals surface area contributed by atoms with Gasteiger partial charge in [0.15, 0.2) is 0 Å². The molecule has 1 rings (SSSR count). The first-order chi connectivity index (χ1) is 7.63. The van der Waals surface area contributed by atoms with Crippen LogP contribution in [0.4, 0.5) is 5.69 Å². The fraction of sp³-hybridized carbons (Fsp3) is 0.308. The molecule has 1 amide bonds. The van der Waals surface area contributed by atoms with Crippen LogP contribution in [0.25, 0.3) is 6.08 Å². The van der Waals surface area contributed by atoms with Gasteiger partial charge in [-0.25, -0.2) is 0 Å². The van der Waals surface area contributed by atoms with Crippen LogP contribution in [-0.4, -0.2) is 12.5 Å². The molecule has 0 radical (unpaired) electrons. The Hall–Kier alpha value is -1.77. The lowest BCUT2D eigenvalue weighted by Gasteiger charge is -2.08. The van der Waals surface area contributed by atoms with Crippen molar-refractivity contribution in [2.75, 3.05) is 11.9 Å². The van der Waals surface area contributed by atoms with E-state index in [1.807, 2.05) is 39.0 Å². The molecule has 16 heavy (non-hydrogen) atoms. The Morgan fingerprint density at radius 1 is 1.50 bits per heavy atom. The van der Waals surface area contributed by atoms with Gasteiger partial charge in [-0.2, -0.15) is 0 Å². The van der Waals surface area contributed by atoms with Gasteiger partial charge in [-0.05, 0) is 24.6 Å². The number of anilines is 1. The molecule has 0 saturated heterocycles. The topological polar surface area (TPSA) is 55.1 Å². The summed E-state index contributed by atoms with van der Waals surface area (Å²) >= 11 is 0. The zero-order valence-corrected chi connectivity index (χ0v) is 10.2. The van der Waals surface area contributed by atoms with Gasteiger partial charge >= 0.3 is 0 Å². The molecule has 0 aliphatic carbocycles. The quantitative estimate of drug-likeness (QED) is 0.819. The van der Waals surface area contributed by atoms with Crippen molar-refractivity contribution < 1.29 is 4.79 Å². The van der Waals surface area contributed by atoms with Crippen LogP contribution in [0.2, 0.25) is 0 Å². The summed E-state index contributed by atoms with van der Waals surface area (Å²) in [6.45, 7) is 9.85. The third kappa shape index (κ3) is 4.64. The standard InChI is InChI=1S/C11H14N2O.C2H6/c1-3-9-6-8(2)4-5-10(9)13-7-11(12)14;1-2/h3-6,13H,1,7H2,2H3,(H2,12,14);1-2H3. The molecule has 88 valence electrons. The number of nitrogens with two attached hydrogens (primary N) is 1. The van der Waals surface area contributed by atoms with Crippen LogP contribution >= 0.6 is 0 Å². The third-order valence-electron chi connectivity index (χ3n) is 1.88. The number of carbonyl (C=O) groups is 1. The van der Waals surface area contributed by atoms with Crippen molar-refractivity contribution in [3.63, 3.8) is 0 Å². The maximum atomic E-state index is 10.6. The van der Waals surface area contributed by atoms with Gasteiger partial charge in [0.1, 0.15) is 0 Å². The van der Waals surface area contributed by atoms with E-state index in [1.54, 1.807) is 6.08 Å². The molecule has 0 bridgehead atoms. The summed E-state index contributed by atoms with van der Waals surface area (Å²) in [4.78, 5) is 10.6. The van der Waals surface area contributed by atoms with Gasteiger partial charge < -0.3 is 11.1 Å². The highest BCUT2D eigenvalue weighted by atomic mass is 16.1. The molecule has 1 aromatic carbocycles. The molecule has 0 atom stereocenters. The first-order valence-corrected chi connectivity index (χ1v) is 5.38. The van der Waals surface area contributed by atoms with Crippen LogP contribution in [-0.2, 0) is 4.79 Å². The second-order valence-corrected chi connectivity index (χ2v) is 3.11. The molecule has 0 heterocycles. The Balaban J connectivity index is 0.00000106. The van der Waals surface area contributed by atoms with Crippen molar-refractivity contribution in [2.45, 2.75) is 20.8 Å². The van der Waals surface area contributed by atoms with Crippen LogP contribution in [0.1, 0.15) is 25.0 Å². The van der Waals surface area contributed by atoms with E-state index in [2.05, 4.69) is 11.9 Å². The van der Waals surface area contributed by atoms with Crippen LogP contribution < -0.4 is 11.1 Å².